The van der Waals surface area contributed by atoms with Gasteiger partial charge in [0.2, 0.25) is 0 Å². The third-order valence-corrected chi connectivity index (χ3v) is 4.26. The first-order chi connectivity index (χ1) is 11.0. The van der Waals surface area contributed by atoms with Crippen molar-refractivity contribution in [2.45, 2.75) is 11.9 Å². The van der Waals surface area contributed by atoms with E-state index in [-0.39, 0.29) is 12.5 Å². The summed E-state index contributed by atoms with van der Waals surface area (Å²) in [5.41, 5.74) is 2.01. The van der Waals surface area contributed by atoms with Crippen molar-refractivity contribution >= 4 is 28.3 Å². The number of hydrogen-bond donors (Lipinski definition) is 2. The van der Waals surface area contributed by atoms with Crippen molar-refractivity contribution in [1.82, 2.24) is 5.32 Å². The minimum atomic E-state index is -0.959. The first-order valence-corrected chi connectivity index (χ1v) is 9.17. The maximum Gasteiger partial charge on any atom is 0.251 e. The van der Waals surface area contributed by atoms with Crippen LogP contribution in [0, 0.1) is 0 Å². The van der Waals surface area contributed by atoms with Gasteiger partial charge in [0, 0.05) is 39.9 Å². The largest absolute Gasteiger partial charge is 0.387 e. The molecule has 2 atom stereocenters. The molecule has 0 bridgehead atoms. The lowest BCUT2D eigenvalue weighted by molar-refractivity contribution is 0.0916. The van der Waals surface area contributed by atoms with Gasteiger partial charge < -0.3 is 10.4 Å². The zero-order valence-electron chi connectivity index (χ0n) is 12.7. The molecule has 0 aliphatic heterocycles. The summed E-state index contributed by atoms with van der Waals surface area (Å²) in [6, 6.07) is 13.8. The number of halogens is 1. The highest BCUT2D eigenvalue weighted by Gasteiger charge is 2.11. The van der Waals surface area contributed by atoms with Crippen molar-refractivity contribution in [1.29, 1.82) is 0 Å². The fourth-order valence-corrected chi connectivity index (χ4v) is 2.91. The van der Waals surface area contributed by atoms with Crippen molar-refractivity contribution < 1.29 is 14.1 Å². The second-order valence-corrected chi connectivity index (χ2v) is 7.07. The smallest absolute Gasteiger partial charge is 0.251 e. The van der Waals surface area contributed by atoms with Crippen LogP contribution in [0.1, 0.15) is 27.6 Å². The van der Waals surface area contributed by atoms with Gasteiger partial charge in [0.25, 0.3) is 5.91 Å². The Balaban J connectivity index is 1.96. The molecule has 0 aliphatic carbocycles. The second kappa shape index (κ2) is 8.24. The normalized spacial score (nSPS) is 13.3. The van der Waals surface area contributed by atoms with Crippen molar-refractivity contribution in [2.75, 3.05) is 12.8 Å². The molecule has 2 unspecified atom stereocenters. The Labute approximate surface area is 142 Å². The predicted molar refractivity (Wildman–Crippen MR) is 93.0 cm³/mol. The van der Waals surface area contributed by atoms with Crippen molar-refractivity contribution in [3.05, 3.63) is 70.2 Å². The van der Waals surface area contributed by atoms with E-state index in [0.717, 1.165) is 5.56 Å². The lowest BCUT2D eigenvalue weighted by Gasteiger charge is -2.13. The highest BCUT2D eigenvalue weighted by molar-refractivity contribution is 7.83. The van der Waals surface area contributed by atoms with Crippen LogP contribution in [0.25, 0.3) is 0 Å². The zero-order valence-corrected chi connectivity index (χ0v) is 14.2. The Hall–Kier alpha value is -1.69. The quantitative estimate of drug-likeness (QED) is 0.840. The monoisotopic (exact) mass is 351 g/mol. The Morgan fingerprint density at radius 2 is 1.96 bits per heavy atom. The summed E-state index contributed by atoms with van der Waals surface area (Å²) in [5, 5.41) is 13.4. The number of benzene rings is 2. The van der Waals surface area contributed by atoms with E-state index in [1.54, 1.807) is 48.7 Å². The Morgan fingerprint density at radius 1 is 1.26 bits per heavy atom. The third kappa shape index (κ3) is 5.46. The number of carbonyl (C=O) groups excluding carboxylic acids is 1. The van der Waals surface area contributed by atoms with Gasteiger partial charge in [-0.1, -0.05) is 35.9 Å². The molecule has 0 radical (unpaired) electrons. The molecule has 2 aromatic carbocycles. The summed E-state index contributed by atoms with van der Waals surface area (Å²) >= 11 is 5.80. The van der Waals surface area contributed by atoms with Gasteiger partial charge in [-0.15, -0.1) is 0 Å². The van der Waals surface area contributed by atoms with Crippen molar-refractivity contribution in [3.63, 3.8) is 0 Å². The second-order valence-electron chi connectivity index (χ2n) is 5.20. The minimum absolute atomic E-state index is 0.102. The third-order valence-electron chi connectivity index (χ3n) is 3.27. The molecule has 0 heterocycles. The summed E-state index contributed by atoms with van der Waals surface area (Å²) in [7, 11) is -0.959. The van der Waals surface area contributed by atoms with Crippen molar-refractivity contribution in [3.8, 4) is 0 Å². The molecule has 2 N–H and O–H groups in total. The highest BCUT2D eigenvalue weighted by Crippen LogP contribution is 2.16. The summed E-state index contributed by atoms with van der Waals surface area (Å²) < 4.78 is 11.3. The molecule has 0 fully saturated rings. The van der Waals surface area contributed by atoms with Gasteiger partial charge in [-0.25, -0.2) is 0 Å². The first-order valence-electron chi connectivity index (χ1n) is 7.06. The van der Waals surface area contributed by atoms with E-state index in [4.69, 9.17) is 11.6 Å². The van der Waals surface area contributed by atoms with Crippen LogP contribution in [0.15, 0.2) is 48.5 Å². The molecule has 122 valence electrons. The number of amides is 1. The summed E-state index contributed by atoms with van der Waals surface area (Å²) in [6.07, 6.45) is 0.817. The van der Waals surface area contributed by atoms with Crippen LogP contribution < -0.4 is 5.32 Å². The minimum Gasteiger partial charge on any atom is -0.387 e. The number of carbonyl (C=O) groups is 1. The van der Waals surface area contributed by atoms with Gasteiger partial charge in [-0.3, -0.25) is 9.00 Å². The van der Waals surface area contributed by atoms with Gasteiger partial charge in [-0.2, -0.15) is 0 Å². The Bertz CT molecular complexity index is 703. The first kappa shape index (κ1) is 17.7. The molecule has 2 rings (SSSR count). The lowest BCUT2D eigenvalue weighted by atomic mass is 10.1. The average molecular weight is 352 g/mol. The predicted octanol–water partition coefficient (Wildman–Crippen LogP) is 2.68. The molecule has 0 spiro atoms. The SMILES string of the molecule is CS(=O)Cc1cccc(C(=O)NCC(O)c2ccc(Cl)cc2)c1. The van der Waals surface area contributed by atoms with E-state index in [0.29, 0.717) is 21.9 Å². The lowest BCUT2D eigenvalue weighted by Crippen LogP contribution is -2.28. The van der Waals surface area contributed by atoms with Crippen molar-refractivity contribution in [2.24, 2.45) is 0 Å². The molecular weight excluding hydrogens is 334 g/mol. The van der Waals surface area contributed by atoms with Gasteiger partial charge in [0.15, 0.2) is 0 Å². The van der Waals surface area contributed by atoms with Crippen LogP contribution in [0.3, 0.4) is 0 Å². The van der Waals surface area contributed by atoms with E-state index in [2.05, 4.69) is 5.32 Å². The average Bonchev–Trinajstić information content (AvgIpc) is 2.52. The van der Waals surface area contributed by atoms with E-state index in [1.165, 1.54) is 0 Å². The molecule has 0 aromatic heterocycles. The zero-order chi connectivity index (χ0) is 16.8. The molecule has 6 heteroatoms. The van der Waals surface area contributed by atoms with Crippen LogP contribution >= 0.6 is 11.6 Å². The number of rotatable bonds is 6. The maximum atomic E-state index is 12.2. The number of nitrogens with one attached hydrogen (secondary N) is 1. The molecule has 4 nitrogen and oxygen atoms in total. The Kier molecular flexibility index (Phi) is 6.33. The molecule has 2 aromatic rings. The molecule has 23 heavy (non-hydrogen) atoms. The van der Waals surface area contributed by atoms with Gasteiger partial charge >= 0.3 is 0 Å². The molecule has 0 saturated carbocycles. The topological polar surface area (TPSA) is 66.4 Å². The van der Waals surface area contributed by atoms with Gasteiger partial charge in [0.1, 0.15) is 0 Å². The number of aliphatic hydroxyl groups is 1. The maximum absolute atomic E-state index is 12.2. The van der Waals surface area contributed by atoms with E-state index in [1.807, 2.05) is 6.07 Å². The highest BCUT2D eigenvalue weighted by atomic mass is 35.5. The number of hydrogen-bond acceptors (Lipinski definition) is 3. The van der Waals surface area contributed by atoms with Crippen LogP contribution in [-0.4, -0.2) is 28.0 Å². The van der Waals surface area contributed by atoms with Gasteiger partial charge in [0.05, 0.1) is 6.10 Å². The fourth-order valence-electron chi connectivity index (χ4n) is 2.13. The van der Waals surface area contributed by atoms with Crippen LogP contribution in [0.5, 0.6) is 0 Å². The number of aliphatic hydroxyl groups excluding tert-OH is 1. The van der Waals surface area contributed by atoms with Crippen LogP contribution in [0.2, 0.25) is 5.02 Å². The summed E-state index contributed by atoms with van der Waals surface area (Å²) in [5.74, 6) is 0.135. The fraction of sp³-hybridized carbons (Fsp3) is 0.235. The van der Waals surface area contributed by atoms with Gasteiger partial charge in [-0.05, 0) is 35.4 Å². The molecule has 0 saturated heterocycles. The van der Waals surface area contributed by atoms with E-state index in [9.17, 15) is 14.1 Å². The van der Waals surface area contributed by atoms with Crippen LogP contribution in [-0.2, 0) is 16.6 Å². The summed E-state index contributed by atoms with van der Waals surface area (Å²) in [4.78, 5) is 12.2. The van der Waals surface area contributed by atoms with E-state index < -0.39 is 16.9 Å². The van der Waals surface area contributed by atoms with Crippen LogP contribution in [0.4, 0.5) is 0 Å². The van der Waals surface area contributed by atoms with E-state index >= 15 is 0 Å². The molecular formula is C17H18ClNO3S. The Morgan fingerprint density at radius 3 is 2.61 bits per heavy atom. The molecule has 1 amide bonds. The standard InChI is InChI=1S/C17H18ClNO3S/c1-23(22)11-12-3-2-4-14(9-12)17(21)19-10-16(20)13-5-7-15(18)8-6-13/h2-9,16,20H,10-11H2,1H3,(H,19,21). The molecule has 0 aliphatic rings. The summed E-state index contributed by atoms with van der Waals surface area (Å²) in [6.45, 7) is 0.102.